The molecule has 0 aromatic heterocycles. The molecule has 1 heterocycles. The highest BCUT2D eigenvalue weighted by Crippen LogP contribution is 2.28. The van der Waals surface area contributed by atoms with E-state index in [2.05, 4.69) is 4.74 Å². The molecule has 0 saturated carbocycles. The number of piperidine rings is 1. The van der Waals surface area contributed by atoms with Crippen LogP contribution in [-0.2, 0) is 11.3 Å². The van der Waals surface area contributed by atoms with E-state index < -0.39 is 29.8 Å². The number of likely N-dealkylation sites (tertiary alicyclic amines) is 1. The maximum absolute atomic E-state index is 13.9. The number of amides is 2. The molecule has 1 saturated heterocycles. The Balaban J connectivity index is 1.59. The highest BCUT2D eigenvalue weighted by molar-refractivity contribution is 5.94. The van der Waals surface area contributed by atoms with Crippen LogP contribution in [0.25, 0.3) is 0 Å². The van der Waals surface area contributed by atoms with E-state index in [4.69, 9.17) is 0 Å². The summed E-state index contributed by atoms with van der Waals surface area (Å²) in [6.07, 6.45) is -4.21. The molecule has 5 nitrogen and oxygen atoms in total. The second-order valence-corrected chi connectivity index (χ2v) is 7.54. The Hall–Kier alpha value is -3.17. The Morgan fingerprint density at radius 2 is 1.75 bits per heavy atom. The van der Waals surface area contributed by atoms with Crippen molar-refractivity contribution in [3.05, 3.63) is 65.2 Å². The highest BCUT2D eigenvalue weighted by Gasteiger charge is 2.33. The number of nitrogens with zero attached hydrogens (tertiary/aromatic N) is 2. The first-order chi connectivity index (χ1) is 15.0. The van der Waals surface area contributed by atoms with Crippen LogP contribution in [0.15, 0.2) is 42.5 Å². The van der Waals surface area contributed by atoms with E-state index in [-0.39, 0.29) is 42.4 Å². The number of benzene rings is 2. The Morgan fingerprint density at radius 1 is 1.09 bits per heavy atom. The summed E-state index contributed by atoms with van der Waals surface area (Å²) in [5.74, 6) is -3.40. The van der Waals surface area contributed by atoms with Crippen LogP contribution in [0, 0.1) is 17.6 Å². The fourth-order valence-corrected chi connectivity index (χ4v) is 3.67. The Bertz CT molecular complexity index is 988. The zero-order valence-corrected chi connectivity index (χ0v) is 17.2. The van der Waals surface area contributed by atoms with Gasteiger partial charge in [0.05, 0.1) is 5.56 Å². The molecule has 0 spiro atoms. The van der Waals surface area contributed by atoms with E-state index >= 15 is 0 Å². The number of halogens is 5. The van der Waals surface area contributed by atoms with Crippen molar-refractivity contribution < 1.29 is 36.3 Å². The van der Waals surface area contributed by atoms with Gasteiger partial charge >= 0.3 is 6.36 Å². The van der Waals surface area contributed by atoms with Crippen LogP contribution in [0.2, 0.25) is 0 Å². The average molecular weight is 456 g/mol. The predicted molar refractivity (Wildman–Crippen MR) is 105 cm³/mol. The SMILES string of the molecule is CN(Cc1ccccc1OC(F)(F)F)C(=O)C1CCN(C(=O)c2ccc(F)cc2F)CC1. The van der Waals surface area contributed by atoms with Gasteiger partial charge < -0.3 is 14.5 Å². The quantitative estimate of drug-likeness (QED) is 0.628. The number of hydrogen-bond acceptors (Lipinski definition) is 3. The first kappa shape index (κ1) is 23.5. The molecule has 0 bridgehead atoms. The van der Waals surface area contributed by atoms with Gasteiger partial charge in [-0.3, -0.25) is 9.59 Å². The van der Waals surface area contributed by atoms with Gasteiger partial charge in [-0.05, 0) is 31.0 Å². The number of para-hydroxylation sites is 1. The van der Waals surface area contributed by atoms with Gasteiger partial charge in [0.2, 0.25) is 5.91 Å². The summed E-state index contributed by atoms with van der Waals surface area (Å²) < 4.78 is 68.8. The van der Waals surface area contributed by atoms with Crippen molar-refractivity contribution in [2.75, 3.05) is 20.1 Å². The molecule has 10 heteroatoms. The van der Waals surface area contributed by atoms with Crippen LogP contribution < -0.4 is 4.74 Å². The molecule has 0 aliphatic carbocycles. The van der Waals surface area contributed by atoms with Crippen LogP contribution in [-0.4, -0.2) is 48.1 Å². The van der Waals surface area contributed by atoms with Crippen molar-refractivity contribution in [2.45, 2.75) is 25.7 Å². The summed E-state index contributed by atoms with van der Waals surface area (Å²) in [6, 6.07) is 8.31. The average Bonchev–Trinajstić information content (AvgIpc) is 2.73. The molecule has 172 valence electrons. The largest absolute Gasteiger partial charge is 0.573 e. The van der Waals surface area contributed by atoms with Crippen LogP contribution in [0.5, 0.6) is 5.75 Å². The maximum Gasteiger partial charge on any atom is 0.573 e. The Labute approximate surface area is 181 Å². The molecule has 2 aromatic rings. The minimum absolute atomic E-state index is 0.0784. The van der Waals surface area contributed by atoms with Gasteiger partial charge in [0.15, 0.2) is 0 Å². The van der Waals surface area contributed by atoms with Crippen LogP contribution in [0.1, 0.15) is 28.8 Å². The smallest absolute Gasteiger partial charge is 0.405 e. The first-order valence-electron chi connectivity index (χ1n) is 9.88. The van der Waals surface area contributed by atoms with Gasteiger partial charge in [0.25, 0.3) is 5.91 Å². The minimum atomic E-state index is -4.85. The van der Waals surface area contributed by atoms with Crippen molar-refractivity contribution in [3.63, 3.8) is 0 Å². The Kier molecular flexibility index (Phi) is 7.00. The molecule has 2 amide bonds. The van der Waals surface area contributed by atoms with Gasteiger partial charge in [-0.15, -0.1) is 13.2 Å². The third-order valence-electron chi connectivity index (χ3n) is 5.27. The molecule has 1 aliphatic heterocycles. The lowest BCUT2D eigenvalue weighted by Crippen LogP contribution is -2.43. The third-order valence-corrected chi connectivity index (χ3v) is 5.27. The minimum Gasteiger partial charge on any atom is -0.405 e. The van der Waals surface area contributed by atoms with E-state index in [9.17, 15) is 31.5 Å². The van der Waals surface area contributed by atoms with E-state index in [0.717, 1.165) is 12.1 Å². The van der Waals surface area contributed by atoms with E-state index in [1.54, 1.807) is 6.07 Å². The molecular formula is C22H21F5N2O3. The lowest BCUT2D eigenvalue weighted by atomic mass is 9.94. The summed E-state index contributed by atoms with van der Waals surface area (Å²) in [4.78, 5) is 28.0. The summed E-state index contributed by atoms with van der Waals surface area (Å²) in [6.45, 7) is 0.326. The van der Waals surface area contributed by atoms with Crippen LogP contribution >= 0.6 is 0 Å². The monoisotopic (exact) mass is 456 g/mol. The molecule has 2 aromatic carbocycles. The van der Waals surface area contributed by atoms with Crippen molar-refractivity contribution in [1.82, 2.24) is 9.80 Å². The second kappa shape index (κ2) is 9.54. The second-order valence-electron chi connectivity index (χ2n) is 7.54. The number of rotatable bonds is 5. The summed E-state index contributed by atoms with van der Waals surface area (Å²) in [7, 11) is 1.48. The van der Waals surface area contributed by atoms with Crippen LogP contribution in [0.3, 0.4) is 0 Å². The maximum atomic E-state index is 13.9. The zero-order chi connectivity index (χ0) is 23.5. The predicted octanol–water partition coefficient (Wildman–Crippen LogP) is 4.37. The van der Waals surface area contributed by atoms with Crippen molar-refractivity contribution in [2.24, 2.45) is 5.92 Å². The first-order valence-corrected chi connectivity index (χ1v) is 9.88. The van der Waals surface area contributed by atoms with Crippen LogP contribution in [0.4, 0.5) is 22.0 Å². The van der Waals surface area contributed by atoms with Crippen molar-refractivity contribution >= 4 is 11.8 Å². The lowest BCUT2D eigenvalue weighted by Gasteiger charge is -2.33. The fraction of sp³-hybridized carbons (Fsp3) is 0.364. The summed E-state index contributed by atoms with van der Waals surface area (Å²) in [5.41, 5.74) is -0.0327. The van der Waals surface area contributed by atoms with Gasteiger partial charge in [-0.2, -0.15) is 0 Å². The Morgan fingerprint density at radius 3 is 2.38 bits per heavy atom. The van der Waals surface area contributed by atoms with E-state index in [1.807, 2.05) is 0 Å². The lowest BCUT2D eigenvalue weighted by molar-refractivity contribution is -0.275. The fourth-order valence-electron chi connectivity index (χ4n) is 3.67. The highest BCUT2D eigenvalue weighted by atomic mass is 19.4. The van der Waals surface area contributed by atoms with Gasteiger partial charge in [0, 0.05) is 44.2 Å². The normalized spacial score (nSPS) is 14.9. The standard InChI is InChI=1S/C22H21F5N2O3/c1-28(13-15-4-2-3-5-19(15)32-22(25,26)27)20(30)14-8-10-29(11-9-14)21(31)17-7-6-16(23)12-18(17)24/h2-7,12,14H,8-11,13H2,1H3. The zero-order valence-electron chi connectivity index (χ0n) is 17.2. The number of ether oxygens (including phenoxy) is 1. The van der Waals surface area contributed by atoms with Gasteiger partial charge in [0.1, 0.15) is 17.4 Å². The molecule has 3 rings (SSSR count). The molecule has 1 aliphatic rings. The molecular weight excluding hydrogens is 435 g/mol. The summed E-state index contributed by atoms with van der Waals surface area (Å²) >= 11 is 0. The number of hydrogen-bond donors (Lipinski definition) is 0. The number of carbonyl (C=O) groups is 2. The topological polar surface area (TPSA) is 49.9 Å². The number of alkyl halides is 3. The summed E-state index contributed by atoms with van der Waals surface area (Å²) in [5, 5.41) is 0. The third kappa shape index (κ3) is 5.74. The molecule has 1 fully saturated rings. The number of carbonyl (C=O) groups excluding carboxylic acids is 2. The molecule has 32 heavy (non-hydrogen) atoms. The van der Waals surface area contributed by atoms with Crippen molar-refractivity contribution in [3.8, 4) is 5.75 Å². The molecule has 0 radical (unpaired) electrons. The molecule has 0 unspecified atom stereocenters. The molecule has 0 N–H and O–H groups in total. The van der Waals surface area contributed by atoms with Gasteiger partial charge in [-0.25, -0.2) is 8.78 Å². The molecule has 0 atom stereocenters. The van der Waals surface area contributed by atoms with E-state index in [1.165, 1.54) is 35.0 Å². The van der Waals surface area contributed by atoms with Gasteiger partial charge in [-0.1, -0.05) is 18.2 Å². The van der Waals surface area contributed by atoms with E-state index in [0.29, 0.717) is 18.9 Å². The van der Waals surface area contributed by atoms with Crippen molar-refractivity contribution in [1.29, 1.82) is 0 Å².